The lowest BCUT2D eigenvalue weighted by atomic mass is 10.0. The average Bonchev–Trinajstić information content (AvgIpc) is 3.12. The topological polar surface area (TPSA) is 12.0 Å². The Bertz CT molecular complexity index is 408. The molecule has 2 saturated carbocycles. The number of thioether (sulfide) groups is 1. The summed E-state index contributed by atoms with van der Waals surface area (Å²) in [5, 5.41) is 4.62. The van der Waals surface area contributed by atoms with E-state index in [0.29, 0.717) is 6.04 Å². The van der Waals surface area contributed by atoms with Gasteiger partial charge in [0.2, 0.25) is 0 Å². The van der Waals surface area contributed by atoms with Crippen LogP contribution < -0.4 is 5.32 Å². The summed E-state index contributed by atoms with van der Waals surface area (Å²) in [6.07, 6.45) is 11.1. The first kappa shape index (κ1) is 14.3. The lowest BCUT2D eigenvalue weighted by Crippen LogP contribution is -2.23. The van der Waals surface area contributed by atoms with E-state index in [0.717, 1.165) is 11.2 Å². The standard InChI is InChI=1S/C18H27NS/c1-2-14-6-5-9-18(14)19-15-10-12-17(13-11-15)20-16-7-3-4-8-16/h10-14,16,18-19H,2-9H2,1H3. The van der Waals surface area contributed by atoms with E-state index < -0.39 is 0 Å². The van der Waals surface area contributed by atoms with Crippen LogP contribution in [0.4, 0.5) is 5.69 Å². The maximum atomic E-state index is 3.75. The van der Waals surface area contributed by atoms with E-state index in [2.05, 4.69) is 48.3 Å². The molecule has 3 rings (SSSR count). The minimum absolute atomic E-state index is 0.702. The van der Waals surface area contributed by atoms with Gasteiger partial charge in [0.1, 0.15) is 0 Å². The van der Waals surface area contributed by atoms with Crippen LogP contribution in [0.3, 0.4) is 0 Å². The average molecular weight is 289 g/mol. The number of anilines is 1. The molecule has 0 spiro atoms. The van der Waals surface area contributed by atoms with Gasteiger partial charge >= 0.3 is 0 Å². The van der Waals surface area contributed by atoms with Crippen LogP contribution in [0.2, 0.25) is 0 Å². The van der Waals surface area contributed by atoms with Crippen molar-refractivity contribution in [1.82, 2.24) is 0 Å². The fourth-order valence-corrected chi connectivity index (χ4v) is 5.01. The lowest BCUT2D eigenvalue weighted by molar-refractivity contribution is 0.489. The van der Waals surface area contributed by atoms with Crippen molar-refractivity contribution in [3.63, 3.8) is 0 Å². The van der Waals surface area contributed by atoms with E-state index in [-0.39, 0.29) is 0 Å². The van der Waals surface area contributed by atoms with Crippen molar-refractivity contribution < 1.29 is 0 Å². The van der Waals surface area contributed by atoms with E-state index >= 15 is 0 Å². The molecule has 2 heteroatoms. The van der Waals surface area contributed by atoms with Crippen LogP contribution in [0.5, 0.6) is 0 Å². The molecule has 110 valence electrons. The van der Waals surface area contributed by atoms with Gasteiger partial charge in [-0.25, -0.2) is 0 Å². The smallest absolute Gasteiger partial charge is 0.0343 e. The molecule has 0 saturated heterocycles. The third-order valence-corrected chi connectivity index (χ3v) is 6.34. The van der Waals surface area contributed by atoms with Crippen molar-refractivity contribution >= 4 is 17.4 Å². The van der Waals surface area contributed by atoms with E-state index in [1.54, 1.807) is 0 Å². The third kappa shape index (κ3) is 3.52. The second kappa shape index (κ2) is 6.89. The summed E-state index contributed by atoms with van der Waals surface area (Å²) < 4.78 is 0. The minimum Gasteiger partial charge on any atom is -0.382 e. The normalized spacial score (nSPS) is 27.1. The molecule has 1 aromatic rings. The van der Waals surface area contributed by atoms with Gasteiger partial charge < -0.3 is 5.32 Å². The van der Waals surface area contributed by atoms with Crippen molar-refractivity contribution in [3.8, 4) is 0 Å². The highest BCUT2D eigenvalue weighted by Crippen LogP contribution is 2.35. The Morgan fingerprint density at radius 1 is 1.00 bits per heavy atom. The first-order valence-corrected chi connectivity index (χ1v) is 9.26. The maximum Gasteiger partial charge on any atom is 0.0343 e. The Balaban J connectivity index is 1.55. The first-order chi connectivity index (χ1) is 9.85. The molecule has 20 heavy (non-hydrogen) atoms. The zero-order valence-electron chi connectivity index (χ0n) is 12.6. The number of hydrogen-bond acceptors (Lipinski definition) is 2. The number of nitrogens with one attached hydrogen (secondary N) is 1. The predicted molar refractivity (Wildman–Crippen MR) is 89.6 cm³/mol. The maximum absolute atomic E-state index is 3.75. The molecule has 0 amide bonds. The highest BCUT2D eigenvalue weighted by Gasteiger charge is 2.25. The number of hydrogen-bond donors (Lipinski definition) is 1. The van der Waals surface area contributed by atoms with Gasteiger partial charge in [-0.1, -0.05) is 32.6 Å². The van der Waals surface area contributed by atoms with Gasteiger partial charge in [-0.05, 0) is 55.9 Å². The quantitative estimate of drug-likeness (QED) is 0.745. The Morgan fingerprint density at radius 2 is 1.75 bits per heavy atom. The van der Waals surface area contributed by atoms with Crippen molar-refractivity contribution in [3.05, 3.63) is 24.3 Å². The summed E-state index contributed by atoms with van der Waals surface area (Å²) in [7, 11) is 0. The van der Waals surface area contributed by atoms with Gasteiger partial charge in [0, 0.05) is 21.9 Å². The highest BCUT2D eigenvalue weighted by atomic mass is 32.2. The Hall–Kier alpha value is -0.630. The second-order valence-corrected chi connectivity index (χ2v) is 7.77. The molecular formula is C18H27NS. The van der Waals surface area contributed by atoms with Crippen molar-refractivity contribution in [2.75, 3.05) is 5.32 Å². The van der Waals surface area contributed by atoms with Gasteiger partial charge in [-0.2, -0.15) is 0 Å². The molecule has 1 N–H and O–H groups in total. The van der Waals surface area contributed by atoms with E-state index in [9.17, 15) is 0 Å². The summed E-state index contributed by atoms with van der Waals surface area (Å²) in [6, 6.07) is 9.88. The zero-order valence-corrected chi connectivity index (χ0v) is 13.4. The molecule has 0 aliphatic heterocycles. The predicted octanol–water partition coefficient (Wildman–Crippen LogP) is 5.71. The zero-order chi connectivity index (χ0) is 13.8. The fourth-order valence-electron chi connectivity index (χ4n) is 3.76. The molecule has 2 atom stereocenters. The summed E-state index contributed by atoms with van der Waals surface area (Å²) in [4.78, 5) is 1.45. The van der Waals surface area contributed by atoms with Crippen molar-refractivity contribution in [1.29, 1.82) is 0 Å². The summed E-state index contributed by atoms with van der Waals surface area (Å²) >= 11 is 2.08. The molecule has 1 aromatic carbocycles. The SMILES string of the molecule is CCC1CCCC1Nc1ccc(SC2CCCC2)cc1. The first-order valence-electron chi connectivity index (χ1n) is 8.38. The lowest BCUT2D eigenvalue weighted by Gasteiger charge is -2.21. The van der Waals surface area contributed by atoms with Crippen LogP contribution in [0, 0.1) is 5.92 Å². The van der Waals surface area contributed by atoms with E-state index in [4.69, 9.17) is 0 Å². The van der Waals surface area contributed by atoms with Crippen LogP contribution >= 0.6 is 11.8 Å². The second-order valence-electron chi connectivity index (χ2n) is 6.40. The summed E-state index contributed by atoms with van der Waals surface area (Å²) in [6.45, 7) is 2.33. The molecule has 1 nitrogen and oxygen atoms in total. The van der Waals surface area contributed by atoms with Gasteiger partial charge in [-0.15, -0.1) is 11.8 Å². The van der Waals surface area contributed by atoms with Crippen molar-refractivity contribution in [2.45, 2.75) is 74.5 Å². The number of benzene rings is 1. The van der Waals surface area contributed by atoms with Crippen LogP contribution in [0.15, 0.2) is 29.2 Å². The third-order valence-electron chi connectivity index (χ3n) is 4.99. The van der Waals surface area contributed by atoms with Crippen LogP contribution in [-0.2, 0) is 0 Å². The highest BCUT2D eigenvalue weighted by molar-refractivity contribution is 8.00. The molecule has 2 aliphatic carbocycles. The van der Waals surface area contributed by atoms with Gasteiger partial charge in [0.15, 0.2) is 0 Å². The van der Waals surface area contributed by atoms with Gasteiger partial charge in [0.25, 0.3) is 0 Å². The molecule has 2 unspecified atom stereocenters. The molecule has 0 aromatic heterocycles. The number of rotatable bonds is 5. The monoisotopic (exact) mass is 289 g/mol. The van der Waals surface area contributed by atoms with Gasteiger partial charge in [-0.3, -0.25) is 0 Å². The molecular weight excluding hydrogens is 262 g/mol. The van der Waals surface area contributed by atoms with Crippen molar-refractivity contribution in [2.24, 2.45) is 5.92 Å². The van der Waals surface area contributed by atoms with Gasteiger partial charge in [0.05, 0.1) is 0 Å². The minimum atomic E-state index is 0.702. The molecule has 0 heterocycles. The van der Waals surface area contributed by atoms with Crippen LogP contribution in [-0.4, -0.2) is 11.3 Å². The largest absolute Gasteiger partial charge is 0.382 e. The van der Waals surface area contributed by atoms with E-state index in [1.807, 2.05) is 0 Å². The molecule has 2 fully saturated rings. The fraction of sp³-hybridized carbons (Fsp3) is 0.667. The Kier molecular flexibility index (Phi) is 4.93. The Morgan fingerprint density at radius 3 is 2.45 bits per heavy atom. The Labute approximate surface area is 127 Å². The molecule has 0 radical (unpaired) electrons. The summed E-state index contributed by atoms with van der Waals surface area (Å²) in [5.74, 6) is 0.877. The molecule has 0 bridgehead atoms. The van der Waals surface area contributed by atoms with E-state index in [1.165, 1.54) is 61.9 Å². The molecule has 2 aliphatic rings. The summed E-state index contributed by atoms with van der Waals surface area (Å²) in [5.41, 5.74) is 1.31. The van der Waals surface area contributed by atoms with Crippen LogP contribution in [0.1, 0.15) is 58.3 Å². The van der Waals surface area contributed by atoms with Crippen LogP contribution in [0.25, 0.3) is 0 Å².